The predicted octanol–water partition coefficient (Wildman–Crippen LogP) is 3.78. The van der Waals surface area contributed by atoms with Crippen molar-refractivity contribution in [2.75, 3.05) is 5.32 Å². The highest BCUT2D eigenvalue weighted by Crippen LogP contribution is 2.37. The molecule has 0 atom stereocenters. The lowest BCUT2D eigenvalue weighted by atomic mass is 10.3. The standard InChI is InChI=1S/C13H11Cl2N3O/c14-8-6-11(18(7-8)9-3-4-9)13(19)17-10-2-1-5-16-12(10)15/h1-2,5-7,9H,3-4H2,(H,17,19). The Morgan fingerprint density at radius 1 is 1.42 bits per heavy atom. The number of nitrogens with zero attached hydrogens (tertiary/aromatic N) is 2. The zero-order valence-corrected chi connectivity index (χ0v) is 11.4. The number of halogens is 2. The van der Waals surface area contributed by atoms with E-state index in [1.54, 1.807) is 30.6 Å². The third-order valence-electron chi connectivity index (χ3n) is 3.00. The van der Waals surface area contributed by atoms with E-state index in [1.807, 2.05) is 4.57 Å². The molecule has 2 heterocycles. The third kappa shape index (κ3) is 2.60. The minimum absolute atomic E-state index is 0.228. The molecule has 3 rings (SSSR count). The van der Waals surface area contributed by atoms with E-state index in [1.165, 1.54) is 0 Å². The Balaban J connectivity index is 1.86. The van der Waals surface area contributed by atoms with Crippen LogP contribution in [0, 0.1) is 0 Å². The molecule has 1 aliphatic carbocycles. The van der Waals surface area contributed by atoms with Gasteiger partial charge in [-0.25, -0.2) is 4.98 Å². The summed E-state index contributed by atoms with van der Waals surface area (Å²) in [6.45, 7) is 0. The van der Waals surface area contributed by atoms with E-state index in [2.05, 4.69) is 10.3 Å². The topological polar surface area (TPSA) is 46.9 Å². The Bertz CT molecular complexity index is 635. The normalized spacial score (nSPS) is 14.4. The summed E-state index contributed by atoms with van der Waals surface area (Å²) in [5, 5.41) is 3.58. The smallest absolute Gasteiger partial charge is 0.272 e. The summed E-state index contributed by atoms with van der Waals surface area (Å²) in [5.74, 6) is -0.228. The lowest BCUT2D eigenvalue weighted by molar-refractivity contribution is 0.101. The molecule has 0 radical (unpaired) electrons. The van der Waals surface area contributed by atoms with Gasteiger partial charge in [0.1, 0.15) is 5.69 Å². The summed E-state index contributed by atoms with van der Waals surface area (Å²) in [5.41, 5.74) is 1.04. The van der Waals surface area contributed by atoms with Crippen molar-refractivity contribution in [3.05, 3.63) is 46.5 Å². The second kappa shape index (κ2) is 4.87. The monoisotopic (exact) mass is 295 g/mol. The van der Waals surface area contributed by atoms with Crippen LogP contribution in [0.15, 0.2) is 30.6 Å². The number of carbonyl (C=O) groups is 1. The van der Waals surface area contributed by atoms with E-state index < -0.39 is 0 Å². The maximum absolute atomic E-state index is 12.3. The minimum Gasteiger partial charge on any atom is -0.339 e. The molecule has 19 heavy (non-hydrogen) atoms. The summed E-state index contributed by atoms with van der Waals surface area (Å²) in [6.07, 6.45) is 5.53. The van der Waals surface area contributed by atoms with Crippen LogP contribution in [-0.4, -0.2) is 15.5 Å². The fourth-order valence-corrected chi connectivity index (χ4v) is 2.32. The quantitative estimate of drug-likeness (QED) is 0.876. The SMILES string of the molecule is O=C(Nc1cccnc1Cl)c1cc(Cl)cn1C1CC1. The molecule has 6 heteroatoms. The molecule has 1 amide bonds. The van der Waals surface area contributed by atoms with Crippen molar-refractivity contribution < 1.29 is 4.79 Å². The molecular formula is C13H11Cl2N3O. The number of hydrogen-bond acceptors (Lipinski definition) is 2. The Hall–Kier alpha value is -1.52. The van der Waals surface area contributed by atoms with Crippen LogP contribution in [0.1, 0.15) is 29.4 Å². The molecular weight excluding hydrogens is 285 g/mol. The average molecular weight is 296 g/mol. The highest BCUT2D eigenvalue weighted by Gasteiger charge is 2.28. The maximum Gasteiger partial charge on any atom is 0.272 e. The van der Waals surface area contributed by atoms with Gasteiger partial charge in [-0.05, 0) is 31.0 Å². The Kier molecular flexibility index (Phi) is 3.21. The highest BCUT2D eigenvalue weighted by molar-refractivity contribution is 6.33. The Morgan fingerprint density at radius 3 is 2.89 bits per heavy atom. The summed E-state index contributed by atoms with van der Waals surface area (Å²) < 4.78 is 1.92. The maximum atomic E-state index is 12.3. The second-order valence-electron chi connectivity index (χ2n) is 4.48. The number of hydrogen-bond donors (Lipinski definition) is 1. The number of amides is 1. The molecule has 2 aromatic heterocycles. The largest absolute Gasteiger partial charge is 0.339 e. The molecule has 2 aromatic rings. The molecule has 1 fully saturated rings. The first kappa shape index (κ1) is 12.5. The lowest BCUT2D eigenvalue weighted by Crippen LogP contribution is -2.16. The van der Waals surface area contributed by atoms with Gasteiger partial charge in [0.2, 0.25) is 0 Å². The number of nitrogens with one attached hydrogen (secondary N) is 1. The average Bonchev–Trinajstić information content (AvgIpc) is 3.15. The lowest BCUT2D eigenvalue weighted by Gasteiger charge is -2.09. The van der Waals surface area contributed by atoms with Gasteiger partial charge in [-0.1, -0.05) is 23.2 Å². The van der Waals surface area contributed by atoms with E-state index >= 15 is 0 Å². The molecule has 0 aromatic carbocycles. The van der Waals surface area contributed by atoms with Crippen LogP contribution in [0.5, 0.6) is 0 Å². The van der Waals surface area contributed by atoms with E-state index in [0.29, 0.717) is 22.4 Å². The summed E-state index contributed by atoms with van der Waals surface area (Å²) in [7, 11) is 0. The first-order chi connectivity index (χ1) is 9.15. The van der Waals surface area contributed by atoms with Gasteiger partial charge in [-0.2, -0.15) is 0 Å². The van der Waals surface area contributed by atoms with Crippen LogP contribution >= 0.6 is 23.2 Å². The second-order valence-corrected chi connectivity index (χ2v) is 5.27. The van der Waals surface area contributed by atoms with Crippen LogP contribution in [0.2, 0.25) is 10.2 Å². The van der Waals surface area contributed by atoms with E-state index in [-0.39, 0.29) is 11.1 Å². The van der Waals surface area contributed by atoms with E-state index in [9.17, 15) is 4.79 Å². The molecule has 1 aliphatic rings. The highest BCUT2D eigenvalue weighted by atomic mass is 35.5. The fourth-order valence-electron chi connectivity index (χ4n) is 1.95. The molecule has 1 N–H and O–H groups in total. The summed E-state index contributed by atoms with van der Waals surface area (Å²) in [4.78, 5) is 16.2. The number of carbonyl (C=O) groups excluding carboxylic acids is 1. The first-order valence-electron chi connectivity index (χ1n) is 5.94. The van der Waals surface area contributed by atoms with Crippen molar-refractivity contribution in [2.24, 2.45) is 0 Å². The van der Waals surface area contributed by atoms with Crippen molar-refractivity contribution in [2.45, 2.75) is 18.9 Å². The van der Waals surface area contributed by atoms with Crippen LogP contribution in [0.4, 0.5) is 5.69 Å². The number of rotatable bonds is 3. The van der Waals surface area contributed by atoms with Gasteiger partial charge < -0.3 is 9.88 Å². The van der Waals surface area contributed by atoms with Gasteiger partial charge >= 0.3 is 0 Å². The zero-order valence-electron chi connectivity index (χ0n) is 9.94. The Morgan fingerprint density at radius 2 is 2.21 bits per heavy atom. The van der Waals surface area contributed by atoms with Crippen LogP contribution < -0.4 is 5.32 Å². The number of aromatic nitrogens is 2. The van der Waals surface area contributed by atoms with E-state index in [0.717, 1.165) is 12.8 Å². The fraction of sp³-hybridized carbons (Fsp3) is 0.231. The van der Waals surface area contributed by atoms with Gasteiger partial charge in [0.15, 0.2) is 5.15 Å². The van der Waals surface area contributed by atoms with Crippen molar-refractivity contribution >= 4 is 34.8 Å². The molecule has 98 valence electrons. The third-order valence-corrected chi connectivity index (χ3v) is 3.50. The van der Waals surface area contributed by atoms with Crippen LogP contribution in [0.25, 0.3) is 0 Å². The number of pyridine rings is 1. The summed E-state index contributed by atoms with van der Waals surface area (Å²) >= 11 is 11.9. The van der Waals surface area contributed by atoms with Gasteiger partial charge in [-0.3, -0.25) is 4.79 Å². The summed E-state index contributed by atoms with van der Waals surface area (Å²) in [6, 6.07) is 5.48. The molecule has 0 unspecified atom stereocenters. The molecule has 4 nitrogen and oxygen atoms in total. The van der Waals surface area contributed by atoms with Crippen molar-refractivity contribution in [1.29, 1.82) is 0 Å². The van der Waals surface area contributed by atoms with E-state index in [4.69, 9.17) is 23.2 Å². The predicted molar refractivity (Wildman–Crippen MR) is 74.9 cm³/mol. The van der Waals surface area contributed by atoms with Gasteiger partial charge in [0, 0.05) is 18.4 Å². The van der Waals surface area contributed by atoms with Crippen LogP contribution in [-0.2, 0) is 0 Å². The van der Waals surface area contributed by atoms with Gasteiger partial charge in [0.05, 0.1) is 10.7 Å². The molecule has 1 saturated carbocycles. The van der Waals surface area contributed by atoms with Crippen molar-refractivity contribution in [3.63, 3.8) is 0 Å². The van der Waals surface area contributed by atoms with Crippen molar-refractivity contribution in [1.82, 2.24) is 9.55 Å². The van der Waals surface area contributed by atoms with Crippen molar-refractivity contribution in [3.8, 4) is 0 Å². The Labute approximate surface area is 120 Å². The molecule has 0 spiro atoms. The first-order valence-corrected chi connectivity index (χ1v) is 6.70. The molecule has 0 bridgehead atoms. The van der Waals surface area contributed by atoms with Gasteiger partial charge in [0.25, 0.3) is 5.91 Å². The molecule has 0 saturated heterocycles. The molecule has 0 aliphatic heterocycles. The van der Waals surface area contributed by atoms with Gasteiger partial charge in [-0.15, -0.1) is 0 Å². The van der Waals surface area contributed by atoms with Crippen LogP contribution in [0.3, 0.4) is 0 Å². The minimum atomic E-state index is -0.228. The zero-order chi connectivity index (χ0) is 13.4. The number of anilines is 1.